The molecule has 184 valence electrons. The van der Waals surface area contributed by atoms with Gasteiger partial charge in [-0.15, -0.1) is 22.7 Å². The molecule has 2 heterocycles. The molecule has 33 heavy (non-hydrogen) atoms. The topological polar surface area (TPSA) is 17.1 Å². The van der Waals surface area contributed by atoms with E-state index >= 15 is 0 Å². The molecule has 2 aromatic rings. The van der Waals surface area contributed by atoms with Gasteiger partial charge in [0.15, 0.2) is 5.78 Å². The summed E-state index contributed by atoms with van der Waals surface area (Å²) in [6.07, 6.45) is 23.3. The lowest BCUT2D eigenvalue weighted by molar-refractivity contribution is 0.0855. The molecule has 1 aliphatic carbocycles. The molecule has 3 rings (SSSR count). The van der Waals surface area contributed by atoms with Gasteiger partial charge in [-0.2, -0.15) is 0 Å². The van der Waals surface area contributed by atoms with E-state index in [0.29, 0.717) is 5.78 Å². The van der Waals surface area contributed by atoms with Crippen molar-refractivity contribution in [1.82, 2.24) is 0 Å². The van der Waals surface area contributed by atoms with Crippen molar-refractivity contribution in [2.75, 3.05) is 0 Å². The molecule has 0 saturated carbocycles. The van der Waals surface area contributed by atoms with Crippen LogP contribution in [0.5, 0.6) is 0 Å². The molecule has 0 radical (unpaired) electrons. The number of rotatable bonds is 18. The van der Waals surface area contributed by atoms with Crippen molar-refractivity contribution < 1.29 is 4.79 Å². The van der Waals surface area contributed by atoms with Crippen LogP contribution in [0.2, 0.25) is 0 Å². The molecule has 0 spiro atoms. The number of thiophene rings is 2. The van der Waals surface area contributed by atoms with E-state index < -0.39 is 0 Å². The highest BCUT2D eigenvalue weighted by molar-refractivity contribution is 7.21. The van der Waals surface area contributed by atoms with Crippen molar-refractivity contribution in [1.29, 1.82) is 0 Å². The molecule has 0 atom stereocenters. The molecular formula is C30H46OS2. The largest absolute Gasteiger partial charge is 0.293 e. The fourth-order valence-corrected chi connectivity index (χ4v) is 7.73. The lowest BCUT2D eigenvalue weighted by Crippen LogP contribution is -2.38. The summed E-state index contributed by atoms with van der Waals surface area (Å²) in [6, 6.07) is 4.39. The fraction of sp³-hybridized carbons (Fsp3) is 0.700. The van der Waals surface area contributed by atoms with E-state index in [4.69, 9.17) is 0 Å². The third-order valence-corrected chi connectivity index (χ3v) is 9.64. The highest BCUT2D eigenvalue weighted by Gasteiger charge is 2.46. The first-order chi connectivity index (χ1) is 16.2. The van der Waals surface area contributed by atoms with Gasteiger partial charge < -0.3 is 0 Å². The van der Waals surface area contributed by atoms with Crippen molar-refractivity contribution in [2.24, 2.45) is 0 Å². The third-order valence-electron chi connectivity index (χ3n) is 7.65. The Hall–Kier alpha value is -0.930. The monoisotopic (exact) mass is 486 g/mol. The number of hydrogen-bond acceptors (Lipinski definition) is 3. The molecule has 3 heteroatoms. The van der Waals surface area contributed by atoms with E-state index in [2.05, 4.69) is 36.7 Å². The zero-order chi connectivity index (χ0) is 23.4. The Labute approximate surface area is 211 Å². The Morgan fingerprint density at radius 1 is 0.606 bits per heavy atom. The predicted octanol–water partition coefficient (Wildman–Crippen LogP) is 11.0. The van der Waals surface area contributed by atoms with Crippen LogP contribution >= 0.6 is 22.7 Å². The van der Waals surface area contributed by atoms with E-state index in [9.17, 15) is 4.79 Å². The molecule has 0 unspecified atom stereocenters. The van der Waals surface area contributed by atoms with Crippen LogP contribution in [-0.2, 0) is 5.41 Å². The first-order valence-corrected chi connectivity index (χ1v) is 15.7. The van der Waals surface area contributed by atoms with Crippen molar-refractivity contribution in [2.45, 2.75) is 135 Å². The summed E-state index contributed by atoms with van der Waals surface area (Å²) < 4.78 is 0. The Morgan fingerprint density at radius 2 is 1.06 bits per heavy atom. The van der Waals surface area contributed by atoms with Gasteiger partial charge in [-0.05, 0) is 41.3 Å². The second-order valence-corrected chi connectivity index (χ2v) is 12.0. The Morgan fingerprint density at radius 3 is 1.61 bits per heavy atom. The fourth-order valence-electron chi connectivity index (χ4n) is 5.65. The maximum absolute atomic E-state index is 13.9. The van der Waals surface area contributed by atoms with Crippen molar-refractivity contribution in [3.05, 3.63) is 34.0 Å². The van der Waals surface area contributed by atoms with Gasteiger partial charge in [0.2, 0.25) is 0 Å². The van der Waals surface area contributed by atoms with Crippen LogP contribution in [0.25, 0.3) is 9.75 Å². The number of fused-ring (bicyclic) bond motifs is 3. The number of carbonyl (C=O) groups excluding carboxylic acids is 1. The Kier molecular flexibility index (Phi) is 11.7. The molecule has 0 aliphatic heterocycles. The third kappa shape index (κ3) is 7.04. The van der Waals surface area contributed by atoms with Crippen molar-refractivity contribution >= 4 is 28.5 Å². The SMILES string of the molecule is CCCCCCCCCCC1(CCCCCCCCCC)C(=O)c2ccsc2-c2sccc21. The summed E-state index contributed by atoms with van der Waals surface area (Å²) in [7, 11) is 0. The summed E-state index contributed by atoms with van der Waals surface area (Å²) in [5.74, 6) is 0.426. The maximum Gasteiger partial charge on any atom is 0.174 e. The average Bonchev–Trinajstić information content (AvgIpc) is 3.50. The minimum absolute atomic E-state index is 0.270. The minimum atomic E-state index is -0.270. The van der Waals surface area contributed by atoms with Crippen LogP contribution in [0.4, 0.5) is 0 Å². The molecule has 0 bridgehead atoms. The average molecular weight is 487 g/mol. The quantitative estimate of drug-likeness (QED) is 0.191. The van der Waals surface area contributed by atoms with Gasteiger partial charge in [0.25, 0.3) is 0 Å². The highest BCUT2D eigenvalue weighted by Crippen LogP contribution is 2.52. The van der Waals surface area contributed by atoms with Crippen LogP contribution in [0.1, 0.15) is 145 Å². The first kappa shape index (κ1) is 26.7. The predicted molar refractivity (Wildman–Crippen MR) is 148 cm³/mol. The lowest BCUT2D eigenvalue weighted by atomic mass is 9.65. The summed E-state index contributed by atoms with van der Waals surface area (Å²) >= 11 is 3.59. The summed E-state index contributed by atoms with van der Waals surface area (Å²) in [5.41, 5.74) is 2.10. The van der Waals surface area contributed by atoms with Crippen LogP contribution in [0, 0.1) is 0 Å². The second kappa shape index (κ2) is 14.5. The number of Topliss-reactive ketones (excluding diaryl/α,β-unsaturated/α-hetero) is 1. The number of unbranched alkanes of at least 4 members (excludes halogenated alkanes) is 14. The smallest absolute Gasteiger partial charge is 0.174 e. The molecule has 0 fully saturated rings. The standard InChI is InChI=1S/C30H46OS2/c1-3-5-7-9-11-13-15-17-21-30(22-18-16-14-12-10-8-6-4-2)26-20-24-33-28(26)27-25(29(30)31)19-23-32-27/h19-20,23-24H,3-18,21-22H2,1-2H3. The van der Waals surface area contributed by atoms with Crippen molar-refractivity contribution in [3.63, 3.8) is 0 Å². The van der Waals surface area contributed by atoms with Crippen LogP contribution < -0.4 is 0 Å². The Balaban J connectivity index is 1.60. The molecular weight excluding hydrogens is 440 g/mol. The van der Waals surface area contributed by atoms with Crippen LogP contribution in [0.3, 0.4) is 0 Å². The first-order valence-electron chi connectivity index (χ1n) is 13.9. The zero-order valence-electron chi connectivity index (χ0n) is 21.3. The van der Waals surface area contributed by atoms with Gasteiger partial charge in [0, 0.05) is 10.4 Å². The summed E-state index contributed by atoms with van der Waals surface area (Å²) in [6.45, 7) is 4.56. The normalized spacial score (nSPS) is 14.4. The van der Waals surface area contributed by atoms with E-state index in [0.717, 1.165) is 18.4 Å². The minimum Gasteiger partial charge on any atom is -0.293 e. The van der Waals surface area contributed by atoms with Gasteiger partial charge >= 0.3 is 0 Å². The van der Waals surface area contributed by atoms with E-state index in [1.807, 2.05) is 11.3 Å². The molecule has 1 nitrogen and oxygen atoms in total. The molecule has 0 saturated heterocycles. The van der Waals surface area contributed by atoms with Crippen LogP contribution in [-0.4, -0.2) is 5.78 Å². The highest BCUT2D eigenvalue weighted by atomic mass is 32.1. The number of carbonyl (C=O) groups is 1. The van der Waals surface area contributed by atoms with Gasteiger partial charge in [-0.3, -0.25) is 4.79 Å². The van der Waals surface area contributed by atoms with E-state index in [1.54, 1.807) is 11.3 Å². The van der Waals surface area contributed by atoms with Crippen molar-refractivity contribution in [3.8, 4) is 9.75 Å². The maximum atomic E-state index is 13.9. The number of hydrogen-bond donors (Lipinski definition) is 0. The molecule has 0 aromatic carbocycles. The Bertz CT molecular complexity index is 795. The van der Waals surface area contributed by atoms with E-state index in [1.165, 1.54) is 118 Å². The van der Waals surface area contributed by atoms with E-state index in [-0.39, 0.29) is 5.41 Å². The van der Waals surface area contributed by atoms with Gasteiger partial charge in [-0.25, -0.2) is 0 Å². The molecule has 0 amide bonds. The number of ketones is 1. The van der Waals surface area contributed by atoms with Gasteiger partial charge in [-0.1, -0.05) is 117 Å². The second-order valence-electron chi connectivity index (χ2n) is 10.2. The molecule has 1 aliphatic rings. The van der Waals surface area contributed by atoms with Gasteiger partial charge in [0.1, 0.15) is 0 Å². The van der Waals surface area contributed by atoms with Crippen LogP contribution in [0.15, 0.2) is 22.9 Å². The molecule has 2 aromatic heterocycles. The lowest BCUT2D eigenvalue weighted by Gasteiger charge is -2.36. The molecule has 0 N–H and O–H groups in total. The summed E-state index contributed by atoms with van der Waals surface area (Å²) in [5, 5.41) is 4.34. The summed E-state index contributed by atoms with van der Waals surface area (Å²) in [4.78, 5) is 16.6. The zero-order valence-corrected chi connectivity index (χ0v) is 22.9. The van der Waals surface area contributed by atoms with Gasteiger partial charge in [0.05, 0.1) is 10.3 Å².